The Kier molecular flexibility index (Phi) is 48.4. The maximum atomic E-state index is 12.8. The van der Waals surface area contributed by atoms with Crippen molar-refractivity contribution in [1.82, 2.24) is 0 Å². The molecule has 0 amide bonds. The Labute approximate surface area is 383 Å². The fraction of sp³-hybridized carbons (Fsp3) is 0.768. The molecule has 0 radical (unpaired) electrons. The molecule has 0 saturated carbocycles. The van der Waals surface area contributed by atoms with Crippen LogP contribution in [0, 0.1) is 0 Å². The molecule has 0 fully saturated rings. The van der Waals surface area contributed by atoms with Crippen LogP contribution in [0.2, 0.25) is 0 Å². The summed E-state index contributed by atoms with van der Waals surface area (Å²) in [4.78, 5) is 37.9. The summed E-state index contributed by atoms with van der Waals surface area (Å²) in [6, 6.07) is 0. The molecule has 0 aromatic heterocycles. The van der Waals surface area contributed by atoms with Crippen LogP contribution in [0.15, 0.2) is 60.8 Å². The molecule has 0 aromatic rings. The third-order valence-corrected chi connectivity index (χ3v) is 11.3. The first-order valence-corrected chi connectivity index (χ1v) is 26.3. The van der Waals surface area contributed by atoms with Crippen molar-refractivity contribution in [3.05, 3.63) is 60.8 Å². The molecule has 0 aliphatic rings. The van der Waals surface area contributed by atoms with Gasteiger partial charge in [0.2, 0.25) is 0 Å². The van der Waals surface area contributed by atoms with Crippen molar-refractivity contribution in [2.45, 2.75) is 264 Å². The first-order chi connectivity index (χ1) is 30.5. The number of ether oxygens (including phenoxy) is 3. The summed E-state index contributed by atoms with van der Waals surface area (Å²) >= 11 is 0. The summed E-state index contributed by atoms with van der Waals surface area (Å²) in [5, 5.41) is 0. The molecule has 0 spiro atoms. The summed E-state index contributed by atoms with van der Waals surface area (Å²) in [6.45, 7) is 6.54. The van der Waals surface area contributed by atoms with Crippen molar-refractivity contribution in [1.29, 1.82) is 0 Å². The van der Waals surface area contributed by atoms with Gasteiger partial charge in [-0.15, -0.1) is 0 Å². The van der Waals surface area contributed by atoms with Crippen molar-refractivity contribution >= 4 is 17.9 Å². The molecule has 0 N–H and O–H groups in total. The van der Waals surface area contributed by atoms with Crippen LogP contribution in [-0.2, 0) is 28.6 Å². The minimum absolute atomic E-state index is 0.106. The summed E-state index contributed by atoms with van der Waals surface area (Å²) in [5.74, 6) is -1.00. The predicted molar refractivity (Wildman–Crippen MR) is 265 cm³/mol. The standard InChI is InChI=1S/C56H98O6/c1-4-7-10-13-16-19-22-25-27-29-31-34-37-40-43-46-49-55(58)61-52-53(51-60-54(57)48-45-42-39-36-33-30-24-21-18-15-12-9-6-3)62-56(59)50-47-44-41-38-35-32-28-26-23-20-17-14-11-8-5-2/h20,23,27,29-31,33-34,39,42,53H,4-19,21-22,24-26,28,32,35-38,40-41,43-52H2,1-3H3/b23-20-,29-27-,33-30-,34-31-,42-39-. The van der Waals surface area contributed by atoms with E-state index < -0.39 is 6.10 Å². The van der Waals surface area contributed by atoms with E-state index in [4.69, 9.17) is 14.2 Å². The number of hydrogen-bond donors (Lipinski definition) is 0. The highest BCUT2D eigenvalue weighted by Gasteiger charge is 2.19. The van der Waals surface area contributed by atoms with Gasteiger partial charge in [0, 0.05) is 19.3 Å². The minimum atomic E-state index is -0.808. The SMILES string of the molecule is CCCCCC/C=C\CCCCCCCCCC(=O)OC(COC(=O)CC/C=C\C/C=C\CCCCCCCC)COC(=O)CCCCC/C=C\C=C/CCCCCCCCC. The normalized spacial score (nSPS) is 12.5. The first-order valence-electron chi connectivity index (χ1n) is 26.3. The van der Waals surface area contributed by atoms with Gasteiger partial charge in [0.15, 0.2) is 6.10 Å². The predicted octanol–water partition coefficient (Wildman–Crippen LogP) is 17.3. The van der Waals surface area contributed by atoms with Crippen LogP contribution in [0.3, 0.4) is 0 Å². The first kappa shape index (κ1) is 59.1. The van der Waals surface area contributed by atoms with E-state index in [9.17, 15) is 14.4 Å². The van der Waals surface area contributed by atoms with E-state index in [1.54, 1.807) is 0 Å². The van der Waals surface area contributed by atoms with Crippen LogP contribution >= 0.6 is 0 Å². The van der Waals surface area contributed by atoms with Crippen LogP contribution in [0.1, 0.15) is 258 Å². The Hall–Kier alpha value is -2.89. The molecule has 1 atom stereocenters. The van der Waals surface area contributed by atoms with Gasteiger partial charge in [-0.1, -0.05) is 210 Å². The highest BCUT2D eigenvalue weighted by Crippen LogP contribution is 2.14. The van der Waals surface area contributed by atoms with Gasteiger partial charge in [0.1, 0.15) is 13.2 Å². The summed E-state index contributed by atoms with van der Waals surface area (Å²) in [7, 11) is 0. The number of rotatable bonds is 47. The Bertz CT molecular complexity index is 1130. The minimum Gasteiger partial charge on any atom is -0.462 e. The van der Waals surface area contributed by atoms with Crippen molar-refractivity contribution in [3.8, 4) is 0 Å². The van der Waals surface area contributed by atoms with Gasteiger partial charge in [0.05, 0.1) is 0 Å². The zero-order chi connectivity index (χ0) is 45.1. The fourth-order valence-corrected chi connectivity index (χ4v) is 7.24. The molecule has 6 nitrogen and oxygen atoms in total. The smallest absolute Gasteiger partial charge is 0.306 e. The van der Waals surface area contributed by atoms with Crippen molar-refractivity contribution in [2.75, 3.05) is 13.2 Å². The second-order valence-electron chi connectivity index (χ2n) is 17.5. The topological polar surface area (TPSA) is 78.9 Å². The lowest BCUT2D eigenvalue weighted by Gasteiger charge is -2.18. The molecular weight excluding hydrogens is 769 g/mol. The highest BCUT2D eigenvalue weighted by atomic mass is 16.6. The number of unbranched alkanes of at least 4 members (excludes halogenated alkanes) is 27. The molecule has 0 aliphatic heterocycles. The van der Waals surface area contributed by atoms with Crippen LogP contribution in [0.4, 0.5) is 0 Å². The van der Waals surface area contributed by atoms with E-state index in [0.29, 0.717) is 19.3 Å². The van der Waals surface area contributed by atoms with Gasteiger partial charge < -0.3 is 14.2 Å². The maximum Gasteiger partial charge on any atom is 0.306 e. The third-order valence-electron chi connectivity index (χ3n) is 11.3. The zero-order valence-electron chi connectivity index (χ0n) is 40.9. The van der Waals surface area contributed by atoms with E-state index in [0.717, 1.165) is 64.2 Å². The van der Waals surface area contributed by atoms with Crippen LogP contribution in [0.5, 0.6) is 0 Å². The quantitative estimate of drug-likeness (QED) is 0.0199. The van der Waals surface area contributed by atoms with E-state index in [2.05, 4.69) is 75.5 Å². The van der Waals surface area contributed by atoms with Gasteiger partial charge in [-0.3, -0.25) is 14.4 Å². The molecule has 358 valence electrons. The lowest BCUT2D eigenvalue weighted by Crippen LogP contribution is -2.30. The Morgan fingerprint density at radius 2 is 0.661 bits per heavy atom. The number of hydrogen-bond acceptors (Lipinski definition) is 6. The molecule has 0 aliphatic carbocycles. The monoisotopic (exact) mass is 867 g/mol. The van der Waals surface area contributed by atoms with E-state index in [1.807, 2.05) is 6.08 Å². The molecule has 0 saturated heterocycles. The molecule has 0 aromatic carbocycles. The molecule has 0 bridgehead atoms. The second-order valence-corrected chi connectivity index (χ2v) is 17.5. The van der Waals surface area contributed by atoms with Crippen molar-refractivity contribution in [3.63, 3.8) is 0 Å². The summed E-state index contributed by atoms with van der Waals surface area (Å²) < 4.78 is 16.7. The van der Waals surface area contributed by atoms with Crippen LogP contribution in [-0.4, -0.2) is 37.2 Å². The number of carbonyl (C=O) groups is 3. The van der Waals surface area contributed by atoms with E-state index in [1.165, 1.54) is 148 Å². The van der Waals surface area contributed by atoms with E-state index in [-0.39, 0.29) is 37.5 Å². The zero-order valence-corrected chi connectivity index (χ0v) is 40.9. The molecule has 6 heteroatoms. The average Bonchev–Trinajstić information content (AvgIpc) is 3.27. The Balaban J connectivity index is 4.48. The van der Waals surface area contributed by atoms with Gasteiger partial charge >= 0.3 is 17.9 Å². The Morgan fingerprint density at radius 3 is 1.13 bits per heavy atom. The second kappa shape index (κ2) is 50.8. The maximum absolute atomic E-state index is 12.8. The molecule has 0 rings (SSSR count). The van der Waals surface area contributed by atoms with Crippen molar-refractivity contribution < 1.29 is 28.6 Å². The highest BCUT2D eigenvalue weighted by molar-refractivity contribution is 5.71. The number of esters is 3. The van der Waals surface area contributed by atoms with Gasteiger partial charge in [0.25, 0.3) is 0 Å². The lowest BCUT2D eigenvalue weighted by molar-refractivity contribution is -0.166. The van der Waals surface area contributed by atoms with Crippen molar-refractivity contribution in [2.24, 2.45) is 0 Å². The summed E-state index contributed by atoms with van der Waals surface area (Å²) in [6.07, 6.45) is 62.2. The van der Waals surface area contributed by atoms with Gasteiger partial charge in [-0.25, -0.2) is 0 Å². The number of carbonyl (C=O) groups excluding carboxylic acids is 3. The molecule has 1 unspecified atom stereocenters. The number of allylic oxidation sites excluding steroid dienone is 10. The van der Waals surface area contributed by atoms with Gasteiger partial charge in [-0.05, 0) is 89.9 Å². The third kappa shape index (κ3) is 48.1. The average molecular weight is 867 g/mol. The molecule has 62 heavy (non-hydrogen) atoms. The van der Waals surface area contributed by atoms with Crippen LogP contribution in [0.25, 0.3) is 0 Å². The fourth-order valence-electron chi connectivity index (χ4n) is 7.24. The van der Waals surface area contributed by atoms with Crippen LogP contribution < -0.4 is 0 Å². The largest absolute Gasteiger partial charge is 0.462 e. The Morgan fingerprint density at radius 1 is 0.339 bits per heavy atom. The van der Waals surface area contributed by atoms with Gasteiger partial charge in [-0.2, -0.15) is 0 Å². The lowest BCUT2D eigenvalue weighted by atomic mass is 10.1. The molecule has 0 heterocycles. The summed E-state index contributed by atoms with van der Waals surface area (Å²) in [5.41, 5.74) is 0. The molecular formula is C56H98O6. The van der Waals surface area contributed by atoms with E-state index >= 15 is 0 Å².